The Morgan fingerprint density at radius 2 is 1.86 bits per heavy atom. The zero-order valence-electron chi connectivity index (χ0n) is 9.16. The first-order valence-electron chi connectivity index (χ1n) is 4.84. The third-order valence-corrected chi connectivity index (χ3v) is 3.45. The number of alkyl halides is 1. The minimum atomic E-state index is -2.80. The van der Waals surface area contributed by atoms with Gasteiger partial charge in [0.15, 0.2) is 0 Å². The zero-order chi connectivity index (χ0) is 11.2. The summed E-state index contributed by atoms with van der Waals surface area (Å²) in [4.78, 5) is 2.28. The van der Waals surface area contributed by atoms with Gasteiger partial charge in [-0.05, 0) is 26.8 Å². The predicted octanol–water partition coefficient (Wildman–Crippen LogP) is 1.53. The van der Waals surface area contributed by atoms with Crippen molar-refractivity contribution in [1.29, 1.82) is 0 Å². The summed E-state index contributed by atoms with van der Waals surface area (Å²) in [5.41, 5.74) is 0. The number of rotatable bonds is 7. The molecule has 0 saturated heterocycles. The third kappa shape index (κ3) is 7.76. The Hall–Kier alpha value is 0.390. The van der Waals surface area contributed by atoms with E-state index < -0.39 is 9.84 Å². The van der Waals surface area contributed by atoms with Crippen molar-refractivity contribution in [3.8, 4) is 0 Å². The lowest BCUT2D eigenvalue weighted by atomic mass is 10.3. The van der Waals surface area contributed by atoms with Crippen molar-refractivity contribution >= 4 is 25.8 Å². The van der Waals surface area contributed by atoms with Gasteiger partial charge in [-0.1, -0.05) is 15.9 Å². The molecule has 0 aliphatic heterocycles. The van der Waals surface area contributed by atoms with E-state index in [0.717, 1.165) is 24.8 Å². The summed E-state index contributed by atoms with van der Waals surface area (Å²) < 4.78 is 21.8. The average Bonchev–Trinajstić information content (AvgIpc) is 2.00. The quantitative estimate of drug-likeness (QED) is 0.666. The van der Waals surface area contributed by atoms with Crippen molar-refractivity contribution in [3.63, 3.8) is 0 Å². The van der Waals surface area contributed by atoms with E-state index in [-0.39, 0.29) is 0 Å². The van der Waals surface area contributed by atoms with Crippen molar-refractivity contribution in [3.05, 3.63) is 0 Å². The van der Waals surface area contributed by atoms with Crippen LogP contribution in [0.25, 0.3) is 0 Å². The summed E-state index contributed by atoms with van der Waals surface area (Å²) in [5, 5.41) is 0.935. The third-order valence-electron chi connectivity index (χ3n) is 2.06. The van der Waals surface area contributed by atoms with Crippen molar-refractivity contribution in [2.24, 2.45) is 0 Å². The summed E-state index contributed by atoms with van der Waals surface area (Å²) >= 11 is 3.39. The molecule has 0 unspecified atom stereocenters. The highest BCUT2D eigenvalue weighted by Crippen LogP contribution is 2.01. The van der Waals surface area contributed by atoms with Crippen molar-refractivity contribution in [2.75, 3.05) is 30.4 Å². The average molecular weight is 286 g/mol. The van der Waals surface area contributed by atoms with Crippen molar-refractivity contribution < 1.29 is 8.42 Å². The molecular formula is C9H20BrNO2S. The highest BCUT2D eigenvalue weighted by atomic mass is 79.9. The van der Waals surface area contributed by atoms with Crippen LogP contribution in [0.1, 0.15) is 20.3 Å². The highest BCUT2D eigenvalue weighted by molar-refractivity contribution is 9.09. The van der Waals surface area contributed by atoms with E-state index in [4.69, 9.17) is 0 Å². The number of hydrogen-bond acceptors (Lipinski definition) is 3. The smallest absolute Gasteiger partial charge is 0.147 e. The normalized spacial score (nSPS) is 12.7. The van der Waals surface area contributed by atoms with E-state index in [9.17, 15) is 8.42 Å². The van der Waals surface area contributed by atoms with Gasteiger partial charge in [-0.25, -0.2) is 8.42 Å². The van der Waals surface area contributed by atoms with E-state index in [1.807, 2.05) is 0 Å². The van der Waals surface area contributed by atoms with E-state index in [2.05, 4.69) is 34.7 Å². The van der Waals surface area contributed by atoms with Gasteiger partial charge in [0, 0.05) is 24.2 Å². The Morgan fingerprint density at radius 3 is 2.21 bits per heavy atom. The molecule has 0 amide bonds. The SMILES string of the molecule is CC(C)N(CCBr)CCCS(C)(=O)=O. The van der Waals surface area contributed by atoms with Crippen LogP contribution in [0, 0.1) is 0 Å². The monoisotopic (exact) mass is 285 g/mol. The van der Waals surface area contributed by atoms with Crippen LogP contribution >= 0.6 is 15.9 Å². The molecule has 0 aliphatic carbocycles. The zero-order valence-corrected chi connectivity index (χ0v) is 11.6. The van der Waals surface area contributed by atoms with Gasteiger partial charge >= 0.3 is 0 Å². The number of hydrogen-bond donors (Lipinski definition) is 0. The van der Waals surface area contributed by atoms with Crippen molar-refractivity contribution in [2.45, 2.75) is 26.3 Å². The molecule has 0 fully saturated rings. The van der Waals surface area contributed by atoms with E-state index in [0.29, 0.717) is 11.8 Å². The van der Waals surface area contributed by atoms with Crippen molar-refractivity contribution in [1.82, 2.24) is 4.90 Å². The van der Waals surface area contributed by atoms with E-state index in [1.165, 1.54) is 6.26 Å². The standard InChI is InChI=1S/C9H20BrNO2S/c1-9(2)11(7-5-10)6-4-8-14(3,12)13/h9H,4-8H2,1-3H3. The number of nitrogens with zero attached hydrogens (tertiary/aromatic N) is 1. The van der Waals surface area contributed by atoms with Crippen LogP contribution in [-0.2, 0) is 9.84 Å². The Morgan fingerprint density at radius 1 is 1.29 bits per heavy atom. The van der Waals surface area contributed by atoms with Crippen LogP contribution in [0.5, 0.6) is 0 Å². The molecule has 0 radical (unpaired) electrons. The van der Waals surface area contributed by atoms with Crippen LogP contribution in [0.2, 0.25) is 0 Å². The topological polar surface area (TPSA) is 37.4 Å². The predicted molar refractivity (Wildman–Crippen MR) is 64.8 cm³/mol. The summed E-state index contributed by atoms with van der Waals surface area (Å²) in [6.45, 7) is 6.09. The van der Waals surface area contributed by atoms with Crippen LogP contribution < -0.4 is 0 Å². The molecule has 0 bridgehead atoms. The highest BCUT2D eigenvalue weighted by Gasteiger charge is 2.09. The molecular weight excluding hydrogens is 266 g/mol. The van der Waals surface area contributed by atoms with Crippen LogP contribution in [0.3, 0.4) is 0 Å². The largest absolute Gasteiger partial charge is 0.300 e. The Balaban J connectivity index is 3.83. The van der Waals surface area contributed by atoms with Crippen LogP contribution in [-0.4, -0.2) is 49.8 Å². The second-order valence-electron chi connectivity index (χ2n) is 3.80. The molecule has 86 valence electrons. The Bertz CT molecular complexity index is 239. The van der Waals surface area contributed by atoms with Crippen LogP contribution in [0.15, 0.2) is 0 Å². The second-order valence-corrected chi connectivity index (χ2v) is 6.85. The van der Waals surface area contributed by atoms with Gasteiger partial charge in [0.05, 0.1) is 5.75 Å². The molecule has 0 atom stereocenters. The Kier molecular flexibility index (Phi) is 6.99. The first-order valence-corrected chi connectivity index (χ1v) is 8.02. The summed E-state index contributed by atoms with van der Waals surface area (Å²) in [6.07, 6.45) is 2.02. The summed E-state index contributed by atoms with van der Waals surface area (Å²) in [5.74, 6) is 0.290. The maximum absolute atomic E-state index is 10.9. The molecule has 0 heterocycles. The number of sulfone groups is 1. The first-order chi connectivity index (χ1) is 6.37. The van der Waals surface area contributed by atoms with Crippen LogP contribution in [0.4, 0.5) is 0 Å². The molecule has 0 aliphatic rings. The fourth-order valence-electron chi connectivity index (χ4n) is 1.27. The lowest BCUT2D eigenvalue weighted by Gasteiger charge is -2.25. The molecule has 0 aromatic heterocycles. The fraction of sp³-hybridized carbons (Fsp3) is 1.00. The molecule has 0 saturated carbocycles. The van der Waals surface area contributed by atoms with Gasteiger partial charge in [-0.15, -0.1) is 0 Å². The molecule has 0 spiro atoms. The van der Waals surface area contributed by atoms with Gasteiger partial charge in [0.1, 0.15) is 9.84 Å². The molecule has 5 heteroatoms. The fourth-order valence-corrected chi connectivity index (χ4v) is 2.38. The maximum Gasteiger partial charge on any atom is 0.147 e. The van der Waals surface area contributed by atoms with Gasteiger partial charge in [0.2, 0.25) is 0 Å². The lowest BCUT2D eigenvalue weighted by Crippen LogP contribution is -2.34. The molecule has 0 N–H and O–H groups in total. The molecule has 0 aromatic carbocycles. The molecule has 14 heavy (non-hydrogen) atoms. The van der Waals surface area contributed by atoms with E-state index >= 15 is 0 Å². The first kappa shape index (κ1) is 14.4. The molecule has 0 aromatic rings. The van der Waals surface area contributed by atoms with Gasteiger partial charge in [-0.3, -0.25) is 0 Å². The minimum Gasteiger partial charge on any atom is -0.300 e. The van der Waals surface area contributed by atoms with E-state index in [1.54, 1.807) is 0 Å². The van der Waals surface area contributed by atoms with Gasteiger partial charge in [-0.2, -0.15) is 0 Å². The lowest BCUT2D eigenvalue weighted by molar-refractivity contribution is 0.237. The van der Waals surface area contributed by atoms with Gasteiger partial charge in [0.25, 0.3) is 0 Å². The molecule has 0 rings (SSSR count). The second kappa shape index (κ2) is 6.80. The molecule has 3 nitrogen and oxygen atoms in total. The Labute approximate surface area is 95.9 Å². The number of halogens is 1. The minimum absolute atomic E-state index is 0.290. The summed E-state index contributed by atoms with van der Waals surface area (Å²) in [6, 6.07) is 0.479. The van der Waals surface area contributed by atoms with Gasteiger partial charge < -0.3 is 4.90 Å². The maximum atomic E-state index is 10.9. The summed E-state index contributed by atoms with van der Waals surface area (Å²) in [7, 11) is -2.80.